The molecule has 0 unspecified atom stereocenters. The maximum Gasteiger partial charge on any atom is 0.138 e. The van der Waals surface area contributed by atoms with E-state index >= 15 is 0 Å². The minimum absolute atomic E-state index is 0.847. The largest absolute Gasteiger partial charge is 0.457 e. The molecule has 2 heteroatoms. The van der Waals surface area contributed by atoms with E-state index in [0.29, 0.717) is 0 Å². The molecule has 0 saturated heterocycles. The van der Waals surface area contributed by atoms with Crippen molar-refractivity contribution in [1.29, 1.82) is 0 Å². The molecule has 0 fully saturated rings. The highest BCUT2D eigenvalue weighted by Crippen LogP contribution is 2.35. The highest BCUT2D eigenvalue weighted by molar-refractivity contribution is 5.92. The van der Waals surface area contributed by atoms with Crippen molar-refractivity contribution in [1.82, 2.24) is 4.98 Å². The first kappa shape index (κ1) is 17.0. The van der Waals surface area contributed by atoms with Gasteiger partial charge in [-0.15, -0.1) is 0 Å². The summed E-state index contributed by atoms with van der Waals surface area (Å²) in [6, 6.07) is 11.8. The first-order valence-corrected chi connectivity index (χ1v) is 8.17. The van der Waals surface area contributed by atoms with Crippen molar-refractivity contribution in [2.75, 3.05) is 0 Å². The molecule has 3 aromatic rings. The van der Waals surface area contributed by atoms with Crippen molar-refractivity contribution < 1.29 is 4.74 Å². The summed E-state index contributed by atoms with van der Waals surface area (Å²) >= 11 is 0. The predicted octanol–water partition coefficient (Wildman–Crippen LogP) is 6.29. The molecule has 2 aromatic carbocycles. The van der Waals surface area contributed by atoms with Crippen LogP contribution in [-0.4, -0.2) is 4.98 Å². The zero-order chi connectivity index (χ0) is 17.0. The number of rotatable bonds is 2. The van der Waals surface area contributed by atoms with Crippen molar-refractivity contribution in [2.24, 2.45) is 0 Å². The van der Waals surface area contributed by atoms with Gasteiger partial charge in [-0.1, -0.05) is 32.0 Å². The minimum Gasteiger partial charge on any atom is -0.457 e. The number of hydrogen-bond donors (Lipinski definition) is 0. The SMILES string of the molecule is CC.Cc1c(C)c(C)c2c(Oc3ccccc3)ccnc2c1C. The number of ether oxygens (including phenoxy) is 1. The van der Waals surface area contributed by atoms with Crippen LogP contribution in [0.3, 0.4) is 0 Å². The molecule has 0 atom stereocenters. The van der Waals surface area contributed by atoms with Gasteiger partial charge in [0.15, 0.2) is 0 Å². The molecule has 1 aromatic heterocycles. The van der Waals surface area contributed by atoms with E-state index in [2.05, 4.69) is 32.7 Å². The van der Waals surface area contributed by atoms with E-state index in [9.17, 15) is 0 Å². The molecule has 120 valence electrons. The van der Waals surface area contributed by atoms with Crippen LogP contribution in [0, 0.1) is 27.7 Å². The third-order valence-electron chi connectivity index (χ3n) is 4.30. The molecule has 3 rings (SSSR count). The van der Waals surface area contributed by atoms with Gasteiger partial charge >= 0.3 is 0 Å². The van der Waals surface area contributed by atoms with Gasteiger partial charge in [-0.25, -0.2) is 0 Å². The quantitative estimate of drug-likeness (QED) is 0.555. The number of fused-ring (bicyclic) bond motifs is 1. The van der Waals surface area contributed by atoms with E-state index < -0.39 is 0 Å². The smallest absolute Gasteiger partial charge is 0.138 e. The van der Waals surface area contributed by atoms with Gasteiger partial charge in [0, 0.05) is 11.6 Å². The van der Waals surface area contributed by atoms with Crippen LogP contribution in [0.4, 0.5) is 0 Å². The van der Waals surface area contributed by atoms with E-state index in [4.69, 9.17) is 4.74 Å². The van der Waals surface area contributed by atoms with E-state index in [1.807, 2.05) is 56.4 Å². The second-order valence-corrected chi connectivity index (χ2v) is 5.45. The van der Waals surface area contributed by atoms with Gasteiger partial charge in [0.1, 0.15) is 11.5 Å². The van der Waals surface area contributed by atoms with Crippen LogP contribution in [0.25, 0.3) is 10.9 Å². The molecule has 0 N–H and O–H groups in total. The fraction of sp³-hybridized carbons (Fsp3) is 0.286. The van der Waals surface area contributed by atoms with Crippen LogP contribution in [0.15, 0.2) is 42.6 Å². The zero-order valence-electron chi connectivity index (χ0n) is 14.9. The number of aryl methyl sites for hydroxylation is 2. The average Bonchev–Trinajstić information content (AvgIpc) is 2.60. The first-order valence-electron chi connectivity index (χ1n) is 8.17. The Hall–Kier alpha value is -2.35. The standard InChI is InChI=1S/C19H19NO.C2H6/c1-12-13(2)15(4)19-18(14(12)3)17(10-11-20-19)21-16-8-6-5-7-9-16;1-2/h5-11H,1-4H3;1-2H3. The number of aromatic nitrogens is 1. The van der Waals surface area contributed by atoms with Crippen molar-refractivity contribution in [3.05, 3.63) is 64.8 Å². The fourth-order valence-electron chi connectivity index (χ4n) is 2.72. The van der Waals surface area contributed by atoms with Crippen molar-refractivity contribution in [2.45, 2.75) is 41.5 Å². The molecule has 2 nitrogen and oxygen atoms in total. The monoisotopic (exact) mass is 307 g/mol. The summed E-state index contributed by atoms with van der Waals surface area (Å²) in [4.78, 5) is 4.57. The molecule has 1 heterocycles. The zero-order valence-corrected chi connectivity index (χ0v) is 14.9. The molecule has 0 saturated carbocycles. The lowest BCUT2D eigenvalue weighted by atomic mass is 9.94. The molecule has 0 aliphatic carbocycles. The Morgan fingerprint density at radius 1 is 0.739 bits per heavy atom. The second kappa shape index (κ2) is 7.28. The van der Waals surface area contributed by atoms with Crippen LogP contribution >= 0.6 is 0 Å². The van der Waals surface area contributed by atoms with Crippen molar-refractivity contribution in [3.63, 3.8) is 0 Å². The topological polar surface area (TPSA) is 22.1 Å². The molecule has 0 amide bonds. The van der Waals surface area contributed by atoms with Crippen molar-refractivity contribution in [3.8, 4) is 11.5 Å². The Bertz CT molecular complexity index is 807. The summed E-state index contributed by atoms with van der Waals surface area (Å²) < 4.78 is 6.08. The molecule has 23 heavy (non-hydrogen) atoms. The summed E-state index contributed by atoms with van der Waals surface area (Å²) in [7, 11) is 0. The fourth-order valence-corrected chi connectivity index (χ4v) is 2.72. The van der Waals surface area contributed by atoms with Gasteiger partial charge in [-0.05, 0) is 68.1 Å². The minimum atomic E-state index is 0.847. The summed E-state index contributed by atoms with van der Waals surface area (Å²) in [5.74, 6) is 1.72. The summed E-state index contributed by atoms with van der Waals surface area (Å²) in [6.45, 7) is 12.6. The van der Waals surface area contributed by atoms with Crippen LogP contribution in [0.5, 0.6) is 11.5 Å². The van der Waals surface area contributed by atoms with E-state index in [0.717, 1.165) is 22.4 Å². The van der Waals surface area contributed by atoms with E-state index in [1.165, 1.54) is 22.3 Å². The molecular formula is C21H25NO. The molecule has 0 radical (unpaired) electrons. The normalized spacial score (nSPS) is 10.2. The lowest BCUT2D eigenvalue weighted by Gasteiger charge is -2.16. The lowest BCUT2D eigenvalue weighted by Crippen LogP contribution is -1.97. The highest BCUT2D eigenvalue weighted by Gasteiger charge is 2.14. The average molecular weight is 307 g/mol. The Balaban J connectivity index is 0.000000924. The molecular weight excluding hydrogens is 282 g/mol. The van der Waals surface area contributed by atoms with Gasteiger partial charge in [0.2, 0.25) is 0 Å². The van der Waals surface area contributed by atoms with Crippen LogP contribution in [0.1, 0.15) is 36.1 Å². The van der Waals surface area contributed by atoms with Gasteiger partial charge in [-0.3, -0.25) is 4.98 Å². The van der Waals surface area contributed by atoms with Crippen LogP contribution in [-0.2, 0) is 0 Å². The first-order chi connectivity index (χ1) is 11.1. The molecule has 0 aliphatic heterocycles. The summed E-state index contributed by atoms with van der Waals surface area (Å²) in [6.07, 6.45) is 1.82. The molecule has 0 spiro atoms. The van der Waals surface area contributed by atoms with E-state index in [-0.39, 0.29) is 0 Å². The molecule has 0 aliphatic rings. The van der Waals surface area contributed by atoms with Crippen molar-refractivity contribution >= 4 is 10.9 Å². The summed E-state index contributed by atoms with van der Waals surface area (Å²) in [5.41, 5.74) is 6.12. The Morgan fingerprint density at radius 3 is 2.00 bits per heavy atom. The second-order valence-electron chi connectivity index (χ2n) is 5.45. The predicted molar refractivity (Wildman–Crippen MR) is 98.6 cm³/mol. The van der Waals surface area contributed by atoms with Crippen LogP contribution in [0.2, 0.25) is 0 Å². The van der Waals surface area contributed by atoms with Crippen LogP contribution < -0.4 is 4.74 Å². The lowest BCUT2D eigenvalue weighted by molar-refractivity contribution is 0.487. The highest BCUT2D eigenvalue weighted by atomic mass is 16.5. The third-order valence-corrected chi connectivity index (χ3v) is 4.30. The van der Waals surface area contributed by atoms with Gasteiger partial charge in [-0.2, -0.15) is 0 Å². The Kier molecular flexibility index (Phi) is 5.38. The number of benzene rings is 2. The Morgan fingerprint density at radius 2 is 1.35 bits per heavy atom. The number of hydrogen-bond acceptors (Lipinski definition) is 2. The molecule has 0 bridgehead atoms. The number of pyridine rings is 1. The summed E-state index contributed by atoms with van der Waals surface area (Å²) in [5, 5.41) is 1.11. The number of para-hydroxylation sites is 1. The van der Waals surface area contributed by atoms with Gasteiger partial charge < -0.3 is 4.74 Å². The van der Waals surface area contributed by atoms with Gasteiger partial charge in [0.25, 0.3) is 0 Å². The van der Waals surface area contributed by atoms with E-state index in [1.54, 1.807) is 0 Å². The third kappa shape index (κ3) is 3.21. The van der Waals surface area contributed by atoms with Gasteiger partial charge in [0.05, 0.1) is 5.52 Å². The number of nitrogens with zero attached hydrogens (tertiary/aromatic N) is 1. The maximum atomic E-state index is 6.08. The Labute approximate surface area is 139 Å². The maximum absolute atomic E-state index is 6.08.